The summed E-state index contributed by atoms with van der Waals surface area (Å²) in [6.07, 6.45) is 3.62. The fraction of sp³-hybridized carbons (Fsp3) is 0.607. The van der Waals surface area contributed by atoms with Crippen LogP contribution < -0.4 is 5.32 Å². The number of unbranched alkanes of at least 4 members (excludes halogenated alkanes) is 1. The van der Waals surface area contributed by atoms with Crippen molar-refractivity contribution in [2.24, 2.45) is 5.92 Å². The minimum absolute atomic E-state index is 0. The topological polar surface area (TPSA) is 70.5 Å². The molecular weight excluding hydrogens is 547 g/mol. The van der Waals surface area contributed by atoms with Gasteiger partial charge in [0.2, 0.25) is 11.8 Å². The van der Waals surface area contributed by atoms with Crippen LogP contribution in [0.25, 0.3) is 5.69 Å². The number of piperazine rings is 1. The molecule has 0 aliphatic carbocycles. The molecule has 1 aromatic carbocycles. The molecular formula is C28H41Cl2F2N5O2. The average Bonchev–Trinajstić information content (AvgIpc) is 3.11. The van der Waals surface area contributed by atoms with Crippen LogP contribution in [-0.2, 0) is 16.1 Å². The molecule has 0 bridgehead atoms. The van der Waals surface area contributed by atoms with Crippen molar-refractivity contribution in [1.29, 1.82) is 0 Å². The molecule has 2 fully saturated rings. The first kappa shape index (κ1) is 33.0. The van der Waals surface area contributed by atoms with Gasteiger partial charge < -0.3 is 10.2 Å². The minimum atomic E-state index is -0.804. The Morgan fingerprint density at radius 2 is 1.79 bits per heavy atom. The smallest absolute Gasteiger partial charge is 0.246 e. The van der Waals surface area contributed by atoms with Crippen molar-refractivity contribution in [3.8, 4) is 5.69 Å². The number of likely N-dealkylation sites (tertiary alicyclic amines) is 1. The van der Waals surface area contributed by atoms with Crippen molar-refractivity contribution in [1.82, 2.24) is 24.9 Å². The Kier molecular flexibility index (Phi) is 11.3. The number of halogens is 4. The molecule has 4 rings (SSSR count). The lowest BCUT2D eigenvalue weighted by Crippen LogP contribution is -2.73. The number of carbonyl (C=O) groups excluding carboxylic acids is 2. The van der Waals surface area contributed by atoms with E-state index < -0.39 is 23.2 Å². The van der Waals surface area contributed by atoms with Crippen molar-refractivity contribution in [3.63, 3.8) is 0 Å². The van der Waals surface area contributed by atoms with Crippen molar-refractivity contribution in [2.45, 2.75) is 84.8 Å². The first-order chi connectivity index (χ1) is 17.6. The highest BCUT2D eigenvalue weighted by molar-refractivity contribution is 6.00. The Labute approximate surface area is 242 Å². The van der Waals surface area contributed by atoms with E-state index in [-0.39, 0.29) is 42.3 Å². The molecule has 2 aromatic rings. The van der Waals surface area contributed by atoms with Crippen molar-refractivity contribution in [3.05, 3.63) is 46.8 Å². The van der Waals surface area contributed by atoms with Gasteiger partial charge in [-0.25, -0.2) is 13.5 Å². The minimum Gasteiger partial charge on any atom is -0.342 e. The molecule has 1 atom stereocenters. The monoisotopic (exact) mass is 587 g/mol. The van der Waals surface area contributed by atoms with Crippen LogP contribution >= 0.6 is 24.8 Å². The highest BCUT2D eigenvalue weighted by Crippen LogP contribution is 2.35. The maximum Gasteiger partial charge on any atom is 0.246 e. The number of piperidine rings is 1. The number of nitrogens with zero attached hydrogens (tertiary/aromatic N) is 4. The zero-order chi connectivity index (χ0) is 26.9. The number of hydrogen-bond acceptors (Lipinski definition) is 4. The van der Waals surface area contributed by atoms with E-state index in [2.05, 4.69) is 36.1 Å². The Balaban J connectivity index is 0.00000267. The van der Waals surface area contributed by atoms with E-state index in [1.807, 2.05) is 18.7 Å². The van der Waals surface area contributed by atoms with Gasteiger partial charge in [0.15, 0.2) is 5.82 Å². The lowest BCUT2D eigenvalue weighted by Gasteiger charge is -2.52. The van der Waals surface area contributed by atoms with Crippen molar-refractivity contribution >= 4 is 36.6 Å². The number of nitrogens with one attached hydrogen (secondary N) is 1. The average molecular weight is 589 g/mol. The van der Waals surface area contributed by atoms with Crippen LogP contribution in [0.2, 0.25) is 0 Å². The maximum absolute atomic E-state index is 14.4. The van der Waals surface area contributed by atoms with Gasteiger partial charge in [0.1, 0.15) is 23.1 Å². The van der Waals surface area contributed by atoms with Gasteiger partial charge in [0.05, 0.1) is 5.69 Å². The summed E-state index contributed by atoms with van der Waals surface area (Å²) in [6, 6.07) is 3.04. The van der Waals surface area contributed by atoms with E-state index in [1.165, 1.54) is 16.8 Å². The maximum atomic E-state index is 14.4. The quantitative estimate of drug-likeness (QED) is 0.465. The number of aromatic nitrogens is 2. The molecule has 1 aromatic heterocycles. The number of hydrogen-bond donors (Lipinski definition) is 1. The molecule has 2 aliphatic rings. The number of benzene rings is 1. The van der Waals surface area contributed by atoms with Gasteiger partial charge >= 0.3 is 0 Å². The Morgan fingerprint density at radius 1 is 1.13 bits per heavy atom. The van der Waals surface area contributed by atoms with Gasteiger partial charge in [-0.2, -0.15) is 5.10 Å². The largest absolute Gasteiger partial charge is 0.342 e. The molecule has 0 unspecified atom stereocenters. The van der Waals surface area contributed by atoms with Crippen LogP contribution in [0.15, 0.2) is 18.2 Å². The molecule has 2 amide bonds. The fourth-order valence-electron chi connectivity index (χ4n) is 5.74. The van der Waals surface area contributed by atoms with E-state index in [0.717, 1.165) is 35.9 Å². The van der Waals surface area contributed by atoms with Gasteiger partial charge in [-0.1, -0.05) is 27.2 Å². The molecule has 1 N–H and O–H groups in total. The molecule has 0 radical (unpaired) electrons. The van der Waals surface area contributed by atoms with Crippen LogP contribution in [-0.4, -0.2) is 62.6 Å². The number of rotatable bonds is 8. The van der Waals surface area contributed by atoms with Gasteiger partial charge in [0, 0.05) is 43.5 Å². The Morgan fingerprint density at radius 3 is 2.38 bits per heavy atom. The summed E-state index contributed by atoms with van der Waals surface area (Å²) in [6.45, 7) is 12.5. The SMILES string of the molecule is CCCCN1C(=O)[C@H](CC(C)C)NC(=O)C12CCN(Cc1c(C)nn(-c3ccc(F)cc3F)c1C)CC2.Cl.Cl. The second-order valence-electron chi connectivity index (χ2n) is 11.0. The standard InChI is InChI=1S/C28H39F2N5O2.2ClH/c1-6-7-12-34-26(36)24(15-18(2)3)31-27(37)28(34)10-13-33(14-11-28)17-22-19(4)32-35(20(22)5)25-9-8-21(29)16-23(25)30;;/h8-9,16,18,24H,6-7,10-15,17H2,1-5H3,(H,31,37);2*1H/t24-;;/m0../s1. The molecule has 3 heterocycles. The second-order valence-corrected chi connectivity index (χ2v) is 11.0. The van der Waals surface area contributed by atoms with E-state index in [1.54, 1.807) is 0 Å². The summed E-state index contributed by atoms with van der Waals surface area (Å²) in [7, 11) is 0. The van der Waals surface area contributed by atoms with E-state index in [4.69, 9.17) is 0 Å². The third-order valence-electron chi connectivity index (χ3n) is 7.90. The Hall–Kier alpha value is -2.23. The number of aryl methyl sites for hydroxylation is 1. The van der Waals surface area contributed by atoms with Gasteiger partial charge in [-0.05, 0) is 57.6 Å². The van der Waals surface area contributed by atoms with Crippen LogP contribution in [0.1, 0.15) is 69.8 Å². The van der Waals surface area contributed by atoms with E-state index >= 15 is 0 Å². The summed E-state index contributed by atoms with van der Waals surface area (Å²) in [5.41, 5.74) is 1.99. The van der Waals surface area contributed by atoms with E-state index in [0.29, 0.717) is 51.4 Å². The van der Waals surface area contributed by atoms with Crippen LogP contribution in [0, 0.1) is 31.4 Å². The van der Waals surface area contributed by atoms with Crippen molar-refractivity contribution in [2.75, 3.05) is 19.6 Å². The lowest BCUT2D eigenvalue weighted by atomic mass is 9.80. The summed E-state index contributed by atoms with van der Waals surface area (Å²) < 4.78 is 29.4. The molecule has 218 valence electrons. The lowest BCUT2D eigenvalue weighted by molar-refractivity contribution is -0.161. The summed E-state index contributed by atoms with van der Waals surface area (Å²) in [4.78, 5) is 31.1. The molecule has 11 heteroatoms. The molecule has 2 aliphatic heterocycles. The van der Waals surface area contributed by atoms with Crippen LogP contribution in [0.4, 0.5) is 8.78 Å². The normalized spacial score (nSPS) is 19.2. The van der Waals surface area contributed by atoms with Gasteiger partial charge in [-0.3, -0.25) is 14.5 Å². The van der Waals surface area contributed by atoms with Crippen LogP contribution in [0.3, 0.4) is 0 Å². The highest BCUT2D eigenvalue weighted by atomic mass is 35.5. The first-order valence-electron chi connectivity index (χ1n) is 13.4. The number of amides is 2. The van der Waals surface area contributed by atoms with Crippen molar-refractivity contribution < 1.29 is 18.4 Å². The second kappa shape index (κ2) is 13.4. The molecule has 7 nitrogen and oxygen atoms in total. The molecule has 1 spiro atoms. The predicted octanol–water partition coefficient (Wildman–Crippen LogP) is 5.12. The molecule has 39 heavy (non-hydrogen) atoms. The molecule has 2 saturated heterocycles. The highest BCUT2D eigenvalue weighted by Gasteiger charge is 2.53. The van der Waals surface area contributed by atoms with Crippen LogP contribution in [0.5, 0.6) is 0 Å². The molecule has 0 saturated carbocycles. The summed E-state index contributed by atoms with van der Waals surface area (Å²) in [5, 5.41) is 7.58. The zero-order valence-corrected chi connectivity index (χ0v) is 25.1. The number of carbonyl (C=O) groups is 2. The summed E-state index contributed by atoms with van der Waals surface area (Å²) >= 11 is 0. The Bertz CT molecular complexity index is 1170. The van der Waals surface area contributed by atoms with Gasteiger partial charge in [0.25, 0.3) is 0 Å². The predicted molar refractivity (Wildman–Crippen MR) is 153 cm³/mol. The third-order valence-corrected chi connectivity index (χ3v) is 7.90. The first-order valence-corrected chi connectivity index (χ1v) is 13.4. The summed E-state index contributed by atoms with van der Waals surface area (Å²) in [5.74, 6) is -0.953. The van der Waals surface area contributed by atoms with Gasteiger partial charge in [-0.15, -0.1) is 24.8 Å². The fourth-order valence-corrected chi connectivity index (χ4v) is 5.74. The van der Waals surface area contributed by atoms with E-state index in [9.17, 15) is 18.4 Å². The zero-order valence-electron chi connectivity index (χ0n) is 23.4. The third kappa shape index (κ3) is 6.57.